The Hall–Kier alpha value is -3.57. The van der Waals surface area contributed by atoms with Gasteiger partial charge < -0.3 is 24.3 Å². The van der Waals surface area contributed by atoms with E-state index in [0.717, 1.165) is 10.4 Å². The van der Waals surface area contributed by atoms with E-state index in [1.54, 1.807) is 0 Å². The first-order valence-electron chi connectivity index (χ1n) is 13.3. The van der Waals surface area contributed by atoms with Gasteiger partial charge in [0.05, 0.1) is 23.7 Å². The Kier molecular flexibility index (Phi) is 9.36. The van der Waals surface area contributed by atoms with Gasteiger partial charge in [-0.15, -0.1) is 0 Å². The third-order valence-electron chi connectivity index (χ3n) is 7.17. The molecule has 3 aromatic rings. The zero-order valence-corrected chi connectivity index (χ0v) is 24.0. The number of nitro groups is 1. The second kappa shape index (κ2) is 12.7. The number of carbonyl (C=O) groups excluding carboxylic acids is 1. The number of rotatable bonds is 10. The Labute approximate surface area is 235 Å². The van der Waals surface area contributed by atoms with Crippen LogP contribution in [0, 0.1) is 10.1 Å². The number of aliphatic hydroxyl groups excluding tert-OH is 1. The Morgan fingerprint density at radius 1 is 1.02 bits per heavy atom. The van der Waals surface area contributed by atoms with E-state index in [1.807, 2.05) is 36.4 Å². The van der Waals surface area contributed by atoms with Crippen molar-refractivity contribution in [2.75, 3.05) is 13.2 Å². The van der Waals surface area contributed by atoms with Crippen molar-refractivity contribution in [3.05, 3.63) is 101 Å². The molecule has 0 aromatic heterocycles. The zero-order valence-electron chi connectivity index (χ0n) is 23.0. The lowest BCUT2D eigenvalue weighted by molar-refractivity contribution is -0.384. The maximum absolute atomic E-state index is 12.2. The summed E-state index contributed by atoms with van der Waals surface area (Å²) < 4.78 is 18.2. The minimum absolute atomic E-state index is 0.0209. The Balaban J connectivity index is 1.36. The Bertz CT molecular complexity index is 1230. The Morgan fingerprint density at radius 2 is 1.60 bits per heavy atom. The average molecular weight is 565 g/mol. The molecule has 0 aliphatic carbocycles. The molecule has 212 valence electrons. The molecule has 2 N–H and O–H groups in total. The first-order chi connectivity index (χ1) is 19.1. The summed E-state index contributed by atoms with van der Waals surface area (Å²) in [5.41, 5.74) is 0.604. The van der Waals surface area contributed by atoms with Gasteiger partial charge in [-0.05, 0) is 33.1 Å². The summed E-state index contributed by atoms with van der Waals surface area (Å²) in [5, 5.41) is 26.3. The summed E-state index contributed by atoms with van der Waals surface area (Å²) in [4.78, 5) is 22.5. The Morgan fingerprint density at radius 3 is 2.12 bits per heavy atom. The molecule has 9 nitrogen and oxygen atoms in total. The van der Waals surface area contributed by atoms with Crippen LogP contribution in [-0.4, -0.2) is 55.9 Å². The van der Waals surface area contributed by atoms with Crippen LogP contribution in [0.3, 0.4) is 0 Å². The molecular formula is C30H36N2O7Si. The van der Waals surface area contributed by atoms with Crippen LogP contribution in [0.15, 0.2) is 84.9 Å². The van der Waals surface area contributed by atoms with E-state index in [4.69, 9.17) is 13.9 Å². The summed E-state index contributed by atoms with van der Waals surface area (Å²) in [5.74, 6) is 0. The van der Waals surface area contributed by atoms with Crippen molar-refractivity contribution in [2.45, 2.75) is 57.1 Å². The van der Waals surface area contributed by atoms with Crippen LogP contribution in [-0.2, 0) is 20.5 Å². The van der Waals surface area contributed by atoms with E-state index in [2.05, 4.69) is 50.4 Å². The number of aliphatic hydroxyl groups is 1. The SMILES string of the molecule is CC(C)(C)[Si](OC[C@H]1O[C@H](CNC(=O)OCc2ccc([N+](=O)[O-])cc2)C[C@@H]1O)(c1ccccc1)c1ccccc1. The molecule has 3 aromatic carbocycles. The van der Waals surface area contributed by atoms with Crippen LogP contribution in [0.2, 0.25) is 5.04 Å². The first-order valence-corrected chi connectivity index (χ1v) is 15.2. The van der Waals surface area contributed by atoms with Gasteiger partial charge in [0.25, 0.3) is 14.0 Å². The second-order valence-corrected chi connectivity index (χ2v) is 15.3. The second-order valence-electron chi connectivity index (χ2n) is 11.0. The molecule has 0 spiro atoms. The molecular weight excluding hydrogens is 528 g/mol. The highest BCUT2D eigenvalue weighted by atomic mass is 28.4. The molecule has 1 saturated heterocycles. The highest BCUT2D eigenvalue weighted by Crippen LogP contribution is 2.37. The van der Waals surface area contributed by atoms with E-state index in [9.17, 15) is 20.0 Å². The third kappa shape index (κ3) is 6.76. The fourth-order valence-electron chi connectivity index (χ4n) is 5.18. The van der Waals surface area contributed by atoms with Crippen LogP contribution >= 0.6 is 0 Å². The van der Waals surface area contributed by atoms with E-state index >= 15 is 0 Å². The van der Waals surface area contributed by atoms with Crippen molar-refractivity contribution >= 4 is 30.5 Å². The summed E-state index contributed by atoms with van der Waals surface area (Å²) >= 11 is 0. The van der Waals surface area contributed by atoms with Crippen LogP contribution in [0.1, 0.15) is 32.8 Å². The largest absolute Gasteiger partial charge is 0.445 e. The van der Waals surface area contributed by atoms with Crippen LogP contribution in [0.25, 0.3) is 0 Å². The van der Waals surface area contributed by atoms with Crippen LogP contribution in [0.4, 0.5) is 10.5 Å². The van der Waals surface area contributed by atoms with Crippen LogP contribution in [0.5, 0.6) is 0 Å². The number of nitrogens with one attached hydrogen (secondary N) is 1. The standard InChI is InChI=1S/C30H36N2O7Si/c1-30(2,3)40(25-10-6-4-7-11-25,26-12-8-5-9-13-26)38-21-28-27(33)18-24(39-28)19-31-29(34)37-20-22-14-16-23(17-15-22)32(35)36/h4-17,24,27-28,33H,18-21H2,1-3H3,(H,31,34)/t24-,27-,28+/m0/s1. The topological polar surface area (TPSA) is 120 Å². The maximum atomic E-state index is 12.2. The molecule has 1 aliphatic rings. The van der Waals surface area contributed by atoms with Gasteiger partial charge in [-0.25, -0.2) is 4.79 Å². The number of nitro benzene ring substituents is 1. The molecule has 40 heavy (non-hydrogen) atoms. The van der Waals surface area contributed by atoms with Crippen LogP contribution < -0.4 is 15.7 Å². The lowest BCUT2D eigenvalue weighted by atomic mass is 10.1. The van der Waals surface area contributed by atoms with E-state index in [0.29, 0.717) is 12.0 Å². The number of hydrogen-bond acceptors (Lipinski definition) is 7. The fraction of sp³-hybridized carbons (Fsp3) is 0.367. The number of alkyl carbamates (subject to hydrolysis) is 1. The molecule has 1 amide bonds. The van der Waals surface area contributed by atoms with Gasteiger partial charge in [-0.2, -0.15) is 0 Å². The van der Waals surface area contributed by atoms with Crippen molar-refractivity contribution in [3.63, 3.8) is 0 Å². The van der Waals surface area contributed by atoms with Gasteiger partial charge in [0.2, 0.25) is 0 Å². The molecule has 1 fully saturated rings. The van der Waals surface area contributed by atoms with Crippen molar-refractivity contribution in [3.8, 4) is 0 Å². The first kappa shape index (κ1) is 29.4. The molecule has 4 rings (SSSR count). The van der Waals surface area contributed by atoms with Gasteiger partial charge >= 0.3 is 6.09 Å². The molecule has 0 unspecified atom stereocenters. The lowest BCUT2D eigenvalue weighted by Crippen LogP contribution is -2.67. The van der Waals surface area contributed by atoms with Crippen molar-refractivity contribution in [1.82, 2.24) is 5.32 Å². The monoisotopic (exact) mass is 564 g/mol. The molecule has 1 aliphatic heterocycles. The van der Waals surface area contributed by atoms with Gasteiger partial charge in [0.1, 0.15) is 12.7 Å². The summed E-state index contributed by atoms with van der Waals surface area (Å²) in [6, 6.07) is 26.4. The fourth-order valence-corrected chi connectivity index (χ4v) is 9.75. The minimum Gasteiger partial charge on any atom is -0.445 e. The van der Waals surface area contributed by atoms with E-state index in [-0.39, 0.29) is 30.5 Å². The quantitative estimate of drug-likeness (QED) is 0.218. The number of hydrogen-bond donors (Lipinski definition) is 2. The molecule has 1 heterocycles. The molecule has 0 saturated carbocycles. The van der Waals surface area contributed by atoms with Crippen molar-refractivity contribution in [2.24, 2.45) is 0 Å². The third-order valence-corrected chi connectivity index (χ3v) is 12.2. The van der Waals surface area contributed by atoms with E-state index in [1.165, 1.54) is 24.3 Å². The number of ether oxygens (including phenoxy) is 2. The van der Waals surface area contributed by atoms with Gasteiger partial charge in [0.15, 0.2) is 0 Å². The highest BCUT2D eigenvalue weighted by Gasteiger charge is 2.51. The smallest absolute Gasteiger partial charge is 0.407 e. The number of non-ortho nitro benzene ring substituents is 1. The van der Waals surface area contributed by atoms with Gasteiger partial charge in [0, 0.05) is 25.1 Å². The molecule has 10 heteroatoms. The zero-order chi connectivity index (χ0) is 28.8. The number of amides is 1. The lowest BCUT2D eigenvalue weighted by Gasteiger charge is -2.43. The van der Waals surface area contributed by atoms with Gasteiger partial charge in [-0.1, -0.05) is 81.4 Å². The molecule has 3 atom stereocenters. The number of nitrogens with zero attached hydrogens (tertiary/aromatic N) is 1. The average Bonchev–Trinajstić information content (AvgIpc) is 3.31. The predicted octanol–water partition coefficient (Wildman–Crippen LogP) is 3.92. The molecule has 0 bridgehead atoms. The van der Waals surface area contributed by atoms with Crippen molar-refractivity contribution in [1.29, 1.82) is 0 Å². The predicted molar refractivity (Wildman–Crippen MR) is 154 cm³/mol. The highest BCUT2D eigenvalue weighted by molar-refractivity contribution is 6.99. The summed E-state index contributed by atoms with van der Waals surface area (Å²) in [6.45, 7) is 6.95. The normalized spacial score (nSPS) is 19.2. The minimum atomic E-state index is -2.78. The summed E-state index contributed by atoms with van der Waals surface area (Å²) in [7, 11) is -2.78. The number of benzene rings is 3. The molecule has 0 radical (unpaired) electrons. The number of carbonyl (C=O) groups is 1. The van der Waals surface area contributed by atoms with Crippen molar-refractivity contribution < 1.29 is 28.7 Å². The summed E-state index contributed by atoms with van der Waals surface area (Å²) in [6.07, 6.45) is -1.94. The van der Waals surface area contributed by atoms with Gasteiger partial charge in [-0.3, -0.25) is 10.1 Å². The van der Waals surface area contributed by atoms with E-state index < -0.39 is 37.6 Å². The maximum Gasteiger partial charge on any atom is 0.407 e.